The van der Waals surface area contributed by atoms with Gasteiger partial charge >= 0.3 is 0 Å². The van der Waals surface area contributed by atoms with E-state index in [0.717, 1.165) is 6.42 Å². The van der Waals surface area contributed by atoms with E-state index in [0.29, 0.717) is 11.6 Å². The second-order valence-electron chi connectivity index (χ2n) is 4.18. The Hall–Kier alpha value is -1.29. The summed E-state index contributed by atoms with van der Waals surface area (Å²) in [6.07, 6.45) is 2.64. The van der Waals surface area contributed by atoms with Gasteiger partial charge in [0, 0.05) is 18.9 Å². The number of aromatic hydroxyl groups is 2. The molecule has 0 unspecified atom stereocenters. The van der Waals surface area contributed by atoms with Gasteiger partial charge in [0.25, 0.3) is 0 Å². The number of aromatic nitrogens is 1. The number of nitrogens with zero attached hydrogens (tertiary/aromatic N) is 1. The second-order valence-corrected chi connectivity index (χ2v) is 4.18. The molecule has 4 heteroatoms. The maximum Gasteiger partial charge on any atom is 0.226 e. The summed E-state index contributed by atoms with van der Waals surface area (Å²) < 4.78 is 1.81. The molecule has 0 bridgehead atoms. The van der Waals surface area contributed by atoms with Crippen LogP contribution in [0.3, 0.4) is 0 Å². The van der Waals surface area contributed by atoms with E-state index in [4.69, 9.17) is 0 Å². The van der Waals surface area contributed by atoms with Crippen LogP contribution < -0.4 is 4.57 Å². The fourth-order valence-corrected chi connectivity index (χ4v) is 1.82. The second kappa shape index (κ2) is 5.16. The maximum absolute atomic E-state index is 9.63. The fourth-order valence-electron chi connectivity index (χ4n) is 1.82. The average Bonchev–Trinajstić information content (AvgIpc) is 2.29. The number of aliphatic hydroxyl groups is 1. The molecule has 1 aromatic rings. The molecule has 0 saturated carbocycles. The Morgan fingerprint density at radius 2 is 2.00 bits per heavy atom. The van der Waals surface area contributed by atoms with Gasteiger partial charge in [-0.15, -0.1) is 0 Å². The van der Waals surface area contributed by atoms with Crippen LogP contribution in [0.25, 0.3) is 0 Å². The molecule has 0 saturated heterocycles. The summed E-state index contributed by atoms with van der Waals surface area (Å²) in [6.45, 7) is 5.85. The van der Waals surface area contributed by atoms with Crippen molar-refractivity contribution in [3.63, 3.8) is 0 Å². The highest BCUT2D eigenvalue weighted by atomic mass is 16.3. The molecular weight excluding hydrogens is 206 g/mol. The van der Waals surface area contributed by atoms with E-state index >= 15 is 0 Å². The third-order valence-corrected chi connectivity index (χ3v) is 3.21. The topological polar surface area (TPSA) is 64.6 Å². The van der Waals surface area contributed by atoms with Gasteiger partial charge in [-0.1, -0.05) is 13.8 Å². The van der Waals surface area contributed by atoms with Crippen LogP contribution in [0.5, 0.6) is 11.5 Å². The van der Waals surface area contributed by atoms with Crippen LogP contribution in [0.1, 0.15) is 32.0 Å². The van der Waals surface area contributed by atoms with Crippen molar-refractivity contribution in [2.24, 2.45) is 5.92 Å². The monoisotopic (exact) mass is 226 g/mol. The number of pyridine rings is 1. The minimum atomic E-state index is -0.130. The summed E-state index contributed by atoms with van der Waals surface area (Å²) in [7, 11) is 0. The molecule has 0 aliphatic heterocycles. The summed E-state index contributed by atoms with van der Waals surface area (Å²) >= 11 is 0. The SMILES string of the molecule is CC[C@H](C)[C@@H](CO)[n+]1ccc(O)c(O)c1C. The van der Waals surface area contributed by atoms with Crippen LogP contribution in [0.2, 0.25) is 0 Å². The standard InChI is InChI=1S/C12H19NO3/c1-4-8(2)10(7-14)13-6-5-11(15)12(16)9(13)3/h5-6,8,10,14,16H,4,7H2,1-3H3/p+1/t8-,10+/m0/s1. The molecular formula is C12H20NO3+. The Morgan fingerprint density at radius 1 is 1.38 bits per heavy atom. The van der Waals surface area contributed by atoms with Gasteiger partial charge in [0.05, 0.1) is 0 Å². The predicted octanol–water partition coefficient (Wildman–Crippen LogP) is 1.27. The van der Waals surface area contributed by atoms with E-state index in [2.05, 4.69) is 13.8 Å². The molecule has 0 aromatic carbocycles. The van der Waals surface area contributed by atoms with Gasteiger partial charge in [0.1, 0.15) is 6.61 Å². The van der Waals surface area contributed by atoms with E-state index in [1.807, 2.05) is 4.57 Å². The van der Waals surface area contributed by atoms with Crippen molar-refractivity contribution >= 4 is 0 Å². The van der Waals surface area contributed by atoms with Gasteiger partial charge in [0.15, 0.2) is 18.0 Å². The molecule has 90 valence electrons. The minimum Gasteiger partial charge on any atom is -0.504 e. The molecule has 1 rings (SSSR count). The zero-order chi connectivity index (χ0) is 12.3. The molecule has 4 nitrogen and oxygen atoms in total. The first kappa shape index (κ1) is 12.8. The van der Waals surface area contributed by atoms with Gasteiger partial charge in [-0.3, -0.25) is 0 Å². The van der Waals surface area contributed by atoms with Gasteiger partial charge in [-0.2, -0.15) is 4.57 Å². The smallest absolute Gasteiger partial charge is 0.226 e. The highest BCUT2D eigenvalue weighted by Crippen LogP contribution is 2.26. The normalized spacial score (nSPS) is 14.8. The van der Waals surface area contributed by atoms with Crippen LogP contribution in [0.15, 0.2) is 12.3 Å². The number of hydrogen-bond donors (Lipinski definition) is 3. The van der Waals surface area contributed by atoms with E-state index < -0.39 is 0 Å². The summed E-state index contributed by atoms with van der Waals surface area (Å²) in [6, 6.07) is 1.37. The molecule has 0 aliphatic rings. The first-order valence-electron chi connectivity index (χ1n) is 5.56. The highest BCUT2D eigenvalue weighted by molar-refractivity contribution is 5.36. The highest BCUT2D eigenvalue weighted by Gasteiger charge is 2.28. The maximum atomic E-state index is 9.63. The number of hydrogen-bond acceptors (Lipinski definition) is 3. The molecule has 3 N–H and O–H groups in total. The fraction of sp³-hybridized carbons (Fsp3) is 0.583. The molecule has 0 spiro atoms. The average molecular weight is 226 g/mol. The van der Waals surface area contributed by atoms with Crippen molar-refractivity contribution in [3.05, 3.63) is 18.0 Å². The Bertz CT molecular complexity index is 366. The lowest BCUT2D eigenvalue weighted by molar-refractivity contribution is -0.737. The third kappa shape index (κ3) is 2.27. The van der Waals surface area contributed by atoms with E-state index in [1.165, 1.54) is 6.07 Å². The van der Waals surface area contributed by atoms with Crippen LogP contribution in [-0.2, 0) is 0 Å². The molecule has 2 atom stereocenters. The van der Waals surface area contributed by atoms with Crippen molar-refractivity contribution in [2.45, 2.75) is 33.2 Å². The molecule has 16 heavy (non-hydrogen) atoms. The van der Waals surface area contributed by atoms with Crippen LogP contribution in [0, 0.1) is 12.8 Å². The van der Waals surface area contributed by atoms with Crippen molar-refractivity contribution in [1.82, 2.24) is 0 Å². The summed E-state index contributed by atoms with van der Waals surface area (Å²) in [5.74, 6) is 0.0523. The Kier molecular flexibility index (Phi) is 4.12. The summed E-state index contributed by atoms with van der Waals surface area (Å²) in [4.78, 5) is 0. The largest absolute Gasteiger partial charge is 0.504 e. The number of rotatable bonds is 4. The van der Waals surface area contributed by atoms with Gasteiger partial charge in [-0.05, 0) is 6.42 Å². The zero-order valence-corrected chi connectivity index (χ0v) is 10.0. The molecule has 0 aliphatic carbocycles. The molecule has 0 amide bonds. The Balaban J connectivity index is 3.16. The third-order valence-electron chi connectivity index (χ3n) is 3.21. The Morgan fingerprint density at radius 3 is 2.50 bits per heavy atom. The van der Waals surface area contributed by atoms with Crippen molar-refractivity contribution in [2.75, 3.05) is 6.61 Å². The predicted molar refractivity (Wildman–Crippen MR) is 60.3 cm³/mol. The molecule has 0 fully saturated rings. The van der Waals surface area contributed by atoms with Crippen LogP contribution >= 0.6 is 0 Å². The minimum absolute atomic E-state index is 0.0186. The van der Waals surface area contributed by atoms with E-state index in [-0.39, 0.29) is 24.1 Å². The van der Waals surface area contributed by atoms with Crippen LogP contribution in [-0.4, -0.2) is 21.9 Å². The number of aliphatic hydroxyl groups excluding tert-OH is 1. The lowest BCUT2D eigenvalue weighted by Crippen LogP contribution is -2.47. The molecule has 0 radical (unpaired) electrons. The first-order chi connectivity index (χ1) is 7.52. The van der Waals surface area contributed by atoms with E-state index in [9.17, 15) is 15.3 Å². The van der Waals surface area contributed by atoms with Crippen molar-refractivity contribution in [1.29, 1.82) is 0 Å². The summed E-state index contributed by atoms with van der Waals surface area (Å²) in [5, 5.41) is 28.4. The zero-order valence-electron chi connectivity index (χ0n) is 10.0. The summed E-state index contributed by atoms with van der Waals surface area (Å²) in [5.41, 5.74) is 0.569. The van der Waals surface area contributed by atoms with Gasteiger partial charge in [0.2, 0.25) is 11.4 Å². The van der Waals surface area contributed by atoms with Crippen molar-refractivity contribution < 1.29 is 19.9 Å². The van der Waals surface area contributed by atoms with Gasteiger partial charge < -0.3 is 15.3 Å². The Labute approximate surface area is 95.8 Å². The molecule has 1 heterocycles. The van der Waals surface area contributed by atoms with E-state index in [1.54, 1.807) is 13.1 Å². The van der Waals surface area contributed by atoms with Crippen LogP contribution in [0.4, 0.5) is 0 Å². The molecule has 1 aromatic heterocycles. The first-order valence-corrected chi connectivity index (χ1v) is 5.56. The van der Waals surface area contributed by atoms with Gasteiger partial charge in [-0.25, -0.2) is 0 Å². The van der Waals surface area contributed by atoms with Crippen molar-refractivity contribution in [3.8, 4) is 11.5 Å². The lowest BCUT2D eigenvalue weighted by atomic mass is 9.99. The quantitative estimate of drug-likeness (QED) is 0.677. The lowest BCUT2D eigenvalue weighted by Gasteiger charge is -2.17.